The fourth-order valence-corrected chi connectivity index (χ4v) is 8.88. The highest BCUT2D eigenvalue weighted by Gasteiger charge is 2.44. The molecule has 2 aromatic heterocycles. The first kappa shape index (κ1) is 52.7. The molecule has 1 aliphatic heterocycles. The minimum Gasteiger partial charge on any atom is -0.494 e. The molecule has 6 amide bonds. The number of aliphatic hydroxyl groups excluding tert-OH is 1. The van der Waals surface area contributed by atoms with Crippen LogP contribution in [0, 0.1) is 12.3 Å². The van der Waals surface area contributed by atoms with Gasteiger partial charge >= 0.3 is 6.03 Å². The molecule has 3 heterocycles. The predicted octanol–water partition coefficient (Wildman–Crippen LogP) is 6.65. The Kier molecular flexibility index (Phi) is 19.0. The number of aromatic nitrogens is 4. The van der Waals surface area contributed by atoms with Crippen LogP contribution < -0.4 is 26.2 Å². The molecular weight excluding hydrogens is 913 g/mol. The molecule has 70 heavy (non-hydrogen) atoms. The summed E-state index contributed by atoms with van der Waals surface area (Å²) < 4.78 is 7.71. The molecule has 1 saturated heterocycles. The van der Waals surface area contributed by atoms with E-state index < -0.39 is 35.4 Å². The maximum absolute atomic E-state index is 14.0. The summed E-state index contributed by atoms with van der Waals surface area (Å²) in [6, 6.07) is 19.8. The smallest absolute Gasteiger partial charge is 0.322 e. The number of unbranched alkanes of at least 4 members (excludes halogenated alkanes) is 2. The fraction of sp³-hybridized carbons (Fsp3) is 0.451. The summed E-state index contributed by atoms with van der Waals surface area (Å²) >= 11 is 1.57. The third kappa shape index (κ3) is 15.1. The zero-order chi connectivity index (χ0) is 50.2. The number of rotatable bonds is 23. The van der Waals surface area contributed by atoms with Crippen LogP contribution in [0.3, 0.4) is 0 Å². The zero-order valence-corrected chi connectivity index (χ0v) is 41.5. The summed E-state index contributed by atoms with van der Waals surface area (Å²) in [5.74, 6) is -0.961. The lowest BCUT2D eigenvalue weighted by atomic mass is 9.85. The van der Waals surface area contributed by atoms with Gasteiger partial charge in [-0.15, -0.1) is 16.4 Å². The summed E-state index contributed by atoms with van der Waals surface area (Å²) in [5.41, 5.74) is 8.29. The van der Waals surface area contributed by atoms with Crippen molar-refractivity contribution >= 4 is 46.7 Å². The van der Waals surface area contributed by atoms with E-state index >= 15 is 0 Å². The van der Waals surface area contributed by atoms with Crippen LogP contribution >= 0.6 is 11.3 Å². The third-order valence-corrected chi connectivity index (χ3v) is 13.0. The number of nitrogens with zero attached hydrogens (tertiary/aromatic N) is 6. The molecule has 5 aromatic rings. The first-order valence-corrected chi connectivity index (χ1v) is 24.8. The van der Waals surface area contributed by atoms with Gasteiger partial charge < -0.3 is 35.6 Å². The molecule has 0 radical (unpaired) electrons. The van der Waals surface area contributed by atoms with Crippen molar-refractivity contribution in [1.82, 2.24) is 45.9 Å². The molecule has 374 valence electrons. The Labute approximate surface area is 413 Å². The number of aliphatic hydroxyl groups is 1. The number of amides is 6. The van der Waals surface area contributed by atoms with Crippen molar-refractivity contribution in [1.29, 1.82) is 0 Å². The Morgan fingerprint density at radius 2 is 1.67 bits per heavy atom. The standard InChI is InChI=1S/C51H66N10O8S/c1-6-7-25-59(30-36-15-19-38(20-16-36)47(64)57-68)50(67)54-39-21-23-42(24-22-39)69-27-10-26-60-31-40(56-58-60)11-8-9-12-44(63)55-46(51(3,4)5)49(66)61-32-41(62)28-43(61)48(65)52-29-35-13-17-37(18-14-35)45-34(2)53-33-70-45/h13-24,31,33,41,43,46,62,68H,6-12,25-30,32H2,1-5H3,(H,52,65)(H,54,67)(H,55,63)(H,57,64). The van der Waals surface area contributed by atoms with Crippen molar-refractivity contribution in [3.63, 3.8) is 0 Å². The van der Waals surface area contributed by atoms with E-state index in [4.69, 9.17) is 9.94 Å². The minimum absolute atomic E-state index is 0.00364. The van der Waals surface area contributed by atoms with Crippen molar-refractivity contribution < 1.29 is 39.0 Å². The van der Waals surface area contributed by atoms with E-state index in [1.807, 2.05) is 63.7 Å². The summed E-state index contributed by atoms with van der Waals surface area (Å²) in [4.78, 5) is 74.2. The minimum atomic E-state index is -0.902. The zero-order valence-electron chi connectivity index (χ0n) is 40.6. The van der Waals surface area contributed by atoms with Crippen LogP contribution in [-0.4, -0.2) is 108 Å². The number of nitrogens with one attached hydrogen (secondary N) is 4. The third-order valence-electron chi connectivity index (χ3n) is 12.1. The number of benzene rings is 3. The Hall–Kier alpha value is -6.70. The molecule has 0 aliphatic carbocycles. The molecule has 18 nitrogen and oxygen atoms in total. The molecular formula is C51H66N10O8S. The number of urea groups is 1. The van der Waals surface area contributed by atoms with Gasteiger partial charge in [-0.3, -0.25) is 29.1 Å². The molecule has 0 saturated carbocycles. The maximum atomic E-state index is 14.0. The second kappa shape index (κ2) is 25.2. The van der Waals surface area contributed by atoms with E-state index in [2.05, 4.69) is 38.2 Å². The van der Waals surface area contributed by atoms with Gasteiger partial charge in [-0.25, -0.2) is 15.3 Å². The number of hydrogen-bond acceptors (Lipinski definition) is 12. The van der Waals surface area contributed by atoms with Gasteiger partial charge in [-0.05, 0) is 91.1 Å². The number of ether oxygens (including phenoxy) is 1. The quantitative estimate of drug-likeness (QED) is 0.0230. The Bertz CT molecular complexity index is 2510. The van der Waals surface area contributed by atoms with E-state index in [1.54, 1.807) is 74.9 Å². The molecule has 1 fully saturated rings. The van der Waals surface area contributed by atoms with Gasteiger partial charge in [0.05, 0.1) is 34.5 Å². The van der Waals surface area contributed by atoms with Crippen LogP contribution in [0.2, 0.25) is 0 Å². The molecule has 6 N–H and O–H groups in total. The molecule has 3 unspecified atom stereocenters. The highest BCUT2D eigenvalue weighted by Crippen LogP contribution is 2.29. The fourth-order valence-electron chi connectivity index (χ4n) is 8.07. The molecule has 0 spiro atoms. The van der Waals surface area contributed by atoms with Gasteiger partial charge in [-0.2, -0.15) is 0 Å². The lowest BCUT2D eigenvalue weighted by Gasteiger charge is -2.35. The Balaban J connectivity index is 0.884. The monoisotopic (exact) mass is 978 g/mol. The number of hydrogen-bond donors (Lipinski definition) is 6. The first-order valence-electron chi connectivity index (χ1n) is 23.9. The maximum Gasteiger partial charge on any atom is 0.322 e. The lowest BCUT2D eigenvalue weighted by Crippen LogP contribution is -2.57. The van der Waals surface area contributed by atoms with Crippen molar-refractivity contribution in [2.45, 2.75) is 124 Å². The van der Waals surface area contributed by atoms with Crippen molar-refractivity contribution in [3.8, 4) is 16.2 Å². The van der Waals surface area contributed by atoms with E-state index in [-0.39, 0.29) is 43.8 Å². The van der Waals surface area contributed by atoms with Gasteiger partial charge in [0.15, 0.2) is 0 Å². The predicted molar refractivity (Wildman–Crippen MR) is 266 cm³/mol. The number of hydroxylamine groups is 1. The number of carbonyl (C=O) groups excluding carboxylic acids is 5. The van der Waals surface area contributed by atoms with E-state index in [0.717, 1.165) is 45.8 Å². The average Bonchev–Trinajstić information content (AvgIpc) is 4.11. The summed E-state index contributed by atoms with van der Waals surface area (Å²) in [6.07, 6.45) is 5.66. The second-order valence-corrected chi connectivity index (χ2v) is 19.5. The molecule has 19 heteroatoms. The van der Waals surface area contributed by atoms with Crippen LogP contribution in [0.15, 0.2) is 84.5 Å². The van der Waals surface area contributed by atoms with Crippen LogP contribution in [0.1, 0.15) is 106 Å². The van der Waals surface area contributed by atoms with Crippen LogP contribution in [0.25, 0.3) is 10.4 Å². The number of aryl methyl sites for hydroxylation is 3. The summed E-state index contributed by atoms with van der Waals surface area (Å²) in [6.45, 7) is 11.8. The molecule has 3 aromatic carbocycles. The van der Waals surface area contributed by atoms with Crippen LogP contribution in [0.4, 0.5) is 10.5 Å². The number of β-amino-alcohol motifs (C(OH)–C–C–N with tert-alkyl or cyclic N) is 1. The Morgan fingerprint density at radius 1 is 0.943 bits per heavy atom. The Morgan fingerprint density at radius 3 is 2.34 bits per heavy atom. The summed E-state index contributed by atoms with van der Waals surface area (Å²) in [7, 11) is 0. The highest BCUT2D eigenvalue weighted by atomic mass is 32.1. The van der Waals surface area contributed by atoms with E-state index in [0.29, 0.717) is 68.9 Å². The van der Waals surface area contributed by atoms with Gasteiger partial charge in [-0.1, -0.05) is 75.7 Å². The van der Waals surface area contributed by atoms with Crippen molar-refractivity contribution in [2.75, 3.05) is 25.0 Å². The molecule has 6 rings (SSSR count). The van der Waals surface area contributed by atoms with Crippen molar-refractivity contribution in [2.24, 2.45) is 5.41 Å². The SMILES string of the molecule is CCCCN(Cc1ccc(C(=O)NO)cc1)C(=O)Nc1ccc(OCCCn2cc(CCCCC(=O)NC(C(=O)N3CC(O)CC3C(=O)NCc3ccc(-c4scnc4C)cc3)C(C)(C)C)nn2)cc1. The average molecular weight is 979 g/mol. The van der Waals surface area contributed by atoms with E-state index in [1.165, 1.54) is 4.90 Å². The topological polar surface area (TPSA) is 233 Å². The number of likely N-dealkylation sites (tertiary alicyclic amines) is 1. The van der Waals surface area contributed by atoms with Gasteiger partial charge in [0.2, 0.25) is 17.7 Å². The molecule has 3 atom stereocenters. The number of carbonyl (C=O) groups is 5. The van der Waals surface area contributed by atoms with Gasteiger partial charge in [0.1, 0.15) is 17.8 Å². The molecule has 1 aliphatic rings. The lowest BCUT2D eigenvalue weighted by molar-refractivity contribution is -0.144. The molecule has 0 bridgehead atoms. The van der Waals surface area contributed by atoms with Crippen LogP contribution in [0.5, 0.6) is 5.75 Å². The van der Waals surface area contributed by atoms with Crippen molar-refractivity contribution in [3.05, 3.63) is 113 Å². The number of anilines is 1. The first-order chi connectivity index (χ1) is 33.6. The largest absolute Gasteiger partial charge is 0.494 e. The van der Waals surface area contributed by atoms with Gasteiger partial charge in [0, 0.05) is 69.4 Å². The van der Waals surface area contributed by atoms with E-state index in [9.17, 15) is 29.1 Å². The van der Waals surface area contributed by atoms with Gasteiger partial charge in [0.25, 0.3) is 5.91 Å². The normalized spacial score (nSPS) is 15.0. The van der Waals surface area contributed by atoms with Crippen LogP contribution in [-0.2, 0) is 40.4 Å². The summed E-state index contributed by atoms with van der Waals surface area (Å²) in [5, 5.41) is 36.9. The highest BCUT2D eigenvalue weighted by molar-refractivity contribution is 7.13. The second-order valence-electron chi connectivity index (χ2n) is 18.7. The number of thiazole rings is 1.